The van der Waals surface area contributed by atoms with Crippen LogP contribution in [0.5, 0.6) is 5.75 Å². The Balaban J connectivity index is 2.61. The molecular formula is C16H25NO3. The lowest BCUT2D eigenvalue weighted by molar-refractivity contribution is 0.0769. The van der Waals surface area contributed by atoms with E-state index in [4.69, 9.17) is 4.74 Å². The first-order valence-electron chi connectivity index (χ1n) is 7.14. The first-order chi connectivity index (χ1) is 9.43. The second kappa shape index (κ2) is 7.90. The summed E-state index contributed by atoms with van der Waals surface area (Å²) in [6, 6.07) is 7.20. The van der Waals surface area contributed by atoms with Gasteiger partial charge in [-0.05, 0) is 51.0 Å². The minimum Gasteiger partial charge on any atom is -0.491 e. The van der Waals surface area contributed by atoms with E-state index in [0.717, 1.165) is 12.2 Å². The van der Waals surface area contributed by atoms with E-state index in [0.29, 0.717) is 18.5 Å². The van der Waals surface area contributed by atoms with E-state index >= 15 is 0 Å². The Morgan fingerprint density at radius 1 is 1.30 bits per heavy atom. The van der Waals surface area contributed by atoms with Gasteiger partial charge in [-0.25, -0.2) is 0 Å². The van der Waals surface area contributed by atoms with Crippen molar-refractivity contribution in [2.75, 3.05) is 13.6 Å². The molecule has 2 unspecified atom stereocenters. The van der Waals surface area contributed by atoms with Gasteiger partial charge in [0.1, 0.15) is 5.75 Å². The third kappa shape index (κ3) is 5.21. The Bertz CT molecular complexity index is 414. The molecular weight excluding hydrogens is 254 g/mol. The molecule has 0 aromatic heterocycles. The van der Waals surface area contributed by atoms with E-state index in [1.165, 1.54) is 0 Å². The number of hydrogen-bond donors (Lipinski definition) is 1. The lowest BCUT2D eigenvalue weighted by Crippen LogP contribution is -2.29. The molecule has 1 amide bonds. The Hall–Kier alpha value is -1.55. The van der Waals surface area contributed by atoms with Crippen LogP contribution in [0.25, 0.3) is 0 Å². The van der Waals surface area contributed by atoms with Gasteiger partial charge in [0.2, 0.25) is 0 Å². The molecule has 4 heteroatoms. The molecule has 20 heavy (non-hydrogen) atoms. The largest absolute Gasteiger partial charge is 0.491 e. The third-order valence-electron chi connectivity index (χ3n) is 3.24. The summed E-state index contributed by atoms with van der Waals surface area (Å²) in [7, 11) is 1.74. The van der Waals surface area contributed by atoms with Crippen LogP contribution in [0.4, 0.5) is 0 Å². The second-order valence-electron chi connectivity index (χ2n) is 5.23. The zero-order valence-corrected chi connectivity index (χ0v) is 12.8. The fourth-order valence-electron chi connectivity index (χ4n) is 1.69. The summed E-state index contributed by atoms with van der Waals surface area (Å²) < 4.78 is 5.68. The number of aliphatic hydroxyl groups is 1. The summed E-state index contributed by atoms with van der Waals surface area (Å²) in [5, 5.41) is 9.24. The number of aliphatic hydroxyl groups excluding tert-OH is 1. The Morgan fingerprint density at radius 2 is 1.90 bits per heavy atom. The lowest BCUT2D eigenvalue weighted by Gasteiger charge is -2.18. The summed E-state index contributed by atoms with van der Waals surface area (Å²) in [6.45, 7) is 6.35. The molecule has 0 fully saturated rings. The number of rotatable bonds is 7. The average molecular weight is 279 g/mol. The number of carbonyl (C=O) groups excluding carboxylic acids is 1. The highest BCUT2D eigenvalue weighted by Crippen LogP contribution is 2.16. The molecule has 0 saturated carbocycles. The summed E-state index contributed by atoms with van der Waals surface area (Å²) >= 11 is 0. The highest BCUT2D eigenvalue weighted by Gasteiger charge is 2.12. The van der Waals surface area contributed by atoms with Crippen LogP contribution in [0.15, 0.2) is 24.3 Å². The van der Waals surface area contributed by atoms with E-state index in [-0.39, 0.29) is 12.0 Å². The summed E-state index contributed by atoms with van der Waals surface area (Å²) in [4.78, 5) is 13.8. The number of carbonyl (C=O) groups is 1. The van der Waals surface area contributed by atoms with Gasteiger partial charge in [-0.15, -0.1) is 0 Å². The normalized spacial score (nSPS) is 13.7. The number of ether oxygens (including phenoxy) is 1. The van der Waals surface area contributed by atoms with Gasteiger partial charge in [0.05, 0.1) is 12.2 Å². The molecule has 2 atom stereocenters. The molecule has 0 saturated heterocycles. The molecule has 1 rings (SSSR count). The van der Waals surface area contributed by atoms with Crippen molar-refractivity contribution in [3.63, 3.8) is 0 Å². The van der Waals surface area contributed by atoms with E-state index < -0.39 is 6.10 Å². The van der Waals surface area contributed by atoms with Gasteiger partial charge in [-0.2, -0.15) is 0 Å². The molecule has 0 aliphatic heterocycles. The van der Waals surface area contributed by atoms with Crippen molar-refractivity contribution in [2.24, 2.45) is 0 Å². The van der Waals surface area contributed by atoms with Crippen molar-refractivity contribution in [2.45, 2.75) is 45.8 Å². The molecule has 0 bridgehead atoms. The second-order valence-corrected chi connectivity index (χ2v) is 5.23. The Labute approximate surface area is 121 Å². The smallest absolute Gasteiger partial charge is 0.253 e. The van der Waals surface area contributed by atoms with Crippen LogP contribution in [-0.4, -0.2) is 41.7 Å². The fourth-order valence-corrected chi connectivity index (χ4v) is 1.69. The van der Waals surface area contributed by atoms with Gasteiger partial charge in [0, 0.05) is 19.2 Å². The highest BCUT2D eigenvalue weighted by atomic mass is 16.5. The van der Waals surface area contributed by atoms with E-state index in [1.807, 2.05) is 19.1 Å². The molecule has 1 aromatic rings. The number of hydrogen-bond acceptors (Lipinski definition) is 3. The van der Waals surface area contributed by atoms with Gasteiger partial charge >= 0.3 is 0 Å². The summed E-state index contributed by atoms with van der Waals surface area (Å²) in [5.41, 5.74) is 0.634. The molecule has 1 N–H and O–H groups in total. The molecule has 0 spiro atoms. The maximum absolute atomic E-state index is 12.2. The highest BCUT2D eigenvalue weighted by molar-refractivity contribution is 5.94. The predicted molar refractivity (Wildman–Crippen MR) is 80.1 cm³/mol. The first kappa shape index (κ1) is 16.5. The van der Waals surface area contributed by atoms with Crippen LogP contribution in [-0.2, 0) is 0 Å². The van der Waals surface area contributed by atoms with Gasteiger partial charge in [0.15, 0.2) is 0 Å². The summed E-state index contributed by atoms with van der Waals surface area (Å²) in [6.07, 6.45) is 1.31. The van der Waals surface area contributed by atoms with Crippen LogP contribution in [0, 0.1) is 0 Å². The molecule has 4 nitrogen and oxygen atoms in total. The maximum atomic E-state index is 12.2. The molecule has 0 radical (unpaired) electrons. The topological polar surface area (TPSA) is 49.8 Å². The Kier molecular flexibility index (Phi) is 6.52. The van der Waals surface area contributed by atoms with Crippen molar-refractivity contribution < 1.29 is 14.6 Å². The van der Waals surface area contributed by atoms with Crippen LogP contribution < -0.4 is 4.74 Å². The minimum atomic E-state index is -0.392. The van der Waals surface area contributed by atoms with E-state index in [2.05, 4.69) is 6.92 Å². The quantitative estimate of drug-likeness (QED) is 0.835. The molecule has 0 heterocycles. The SMILES string of the molecule is CCC(C)Oc1ccc(C(=O)N(C)CCC(C)O)cc1. The van der Waals surface area contributed by atoms with Crippen LogP contribution in [0.1, 0.15) is 44.0 Å². The minimum absolute atomic E-state index is 0.0410. The van der Waals surface area contributed by atoms with Crippen molar-refractivity contribution in [1.82, 2.24) is 4.90 Å². The van der Waals surface area contributed by atoms with E-state index in [9.17, 15) is 9.90 Å². The fraction of sp³-hybridized carbons (Fsp3) is 0.562. The van der Waals surface area contributed by atoms with Gasteiger partial charge < -0.3 is 14.7 Å². The van der Waals surface area contributed by atoms with E-state index in [1.54, 1.807) is 31.0 Å². The first-order valence-corrected chi connectivity index (χ1v) is 7.14. The van der Waals surface area contributed by atoms with Crippen LogP contribution in [0.2, 0.25) is 0 Å². The van der Waals surface area contributed by atoms with Crippen molar-refractivity contribution in [3.05, 3.63) is 29.8 Å². The van der Waals surface area contributed by atoms with Crippen molar-refractivity contribution in [3.8, 4) is 5.75 Å². The molecule has 0 aliphatic carbocycles. The molecule has 0 aliphatic rings. The van der Waals surface area contributed by atoms with Crippen LogP contribution >= 0.6 is 0 Å². The summed E-state index contributed by atoms with van der Waals surface area (Å²) in [5.74, 6) is 0.739. The lowest BCUT2D eigenvalue weighted by atomic mass is 10.2. The van der Waals surface area contributed by atoms with Gasteiger partial charge in [-0.3, -0.25) is 4.79 Å². The number of amides is 1. The molecule has 112 valence electrons. The number of nitrogens with zero attached hydrogens (tertiary/aromatic N) is 1. The predicted octanol–water partition coefficient (Wildman–Crippen LogP) is 2.71. The standard InChI is InChI=1S/C16H25NO3/c1-5-13(3)20-15-8-6-14(7-9-15)16(19)17(4)11-10-12(2)18/h6-9,12-13,18H,5,10-11H2,1-4H3. The van der Waals surface area contributed by atoms with Crippen molar-refractivity contribution >= 4 is 5.91 Å². The van der Waals surface area contributed by atoms with Gasteiger partial charge in [-0.1, -0.05) is 6.92 Å². The molecule has 1 aromatic carbocycles. The number of benzene rings is 1. The zero-order chi connectivity index (χ0) is 15.1. The average Bonchev–Trinajstić information content (AvgIpc) is 2.44. The monoisotopic (exact) mass is 279 g/mol. The van der Waals surface area contributed by atoms with Crippen molar-refractivity contribution in [1.29, 1.82) is 0 Å². The van der Waals surface area contributed by atoms with Crippen LogP contribution in [0.3, 0.4) is 0 Å². The third-order valence-corrected chi connectivity index (χ3v) is 3.24. The maximum Gasteiger partial charge on any atom is 0.253 e. The Morgan fingerprint density at radius 3 is 2.40 bits per heavy atom. The zero-order valence-electron chi connectivity index (χ0n) is 12.8. The van der Waals surface area contributed by atoms with Gasteiger partial charge in [0.25, 0.3) is 5.91 Å².